The summed E-state index contributed by atoms with van der Waals surface area (Å²) in [5.74, 6) is 0.586. The van der Waals surface area contributed by atoms with E-state index < -0.39 is 4.92 Å². The number of rotatable bonds is 8. The van der Waals surface area contributed by atoms with E-state index in [-0.39, 0.29) is 18.2 Å². The second-order valence-electron chi connectivity index (χ2n) is 7.76. The van der Waals surface area contributed by atoms with Gasteiger partial charge in [0.2, 0.25) is 0 Å². The SMILES string of the molecule is Cc1cc(OCc2cccc(C(=O)Nc3nn(Cc4ccccc4Cl)cc3Br)c2)ccc1[N+](=O)[O-]. The lowest BCUT2D eigenvalue weighted by molar-refractivity contribution is -0.385. The van der Waals surface area contributed by atoms with Crippen LogP contribution in [0.2, 0.25) is 5.02 Å². The Morgan fingerprint density at radius 2 is 1.97 bits per heavy atom. The summed E-state index contributed by atoms with van der Waals surface area (Å²) in [7, 11) is 0. The zero-order valence-electron chi connectivity index (χ0n) is 18.6. The van der Waals surface area contributed by atoms with E-state index in [9.17, 15) is 14.9 Å². The van der Waals surface area contributed by atoms with Gasteiger partial charge >= 0.3 is 0 Å². The molecule has 0 bridgehead atoms. The highest BCUT2D eigenvalue weighted by atomic mass is 79.9. The van der Waals surface area contributed by atoms with Crippen molar-refractivity contribution in [3.8, 4) is 5.75 Å². The number of nitrogens with one attached hydrogen (secondary N) is 1. The molecule has 1 aromatic heterocycles. The summed E-state index contributed by atoms with van der Waals surface area (Å²) in [5, 5.41) is 18.9. The molecular weight excluding hydrogens is 536 g/mol. The summed E-state index contributed by atoms with van der Waals surface area (Å²) in [6.45, 7) is 2.32. The normalized spacial score (nSPS) is 10.7. The Morgan fingerprint density at radius 1 is 1.17 bits per heavy atom. The van der Waals surface area contributed by atoms with Crippen LogP contribution in [0.4, 0.5) is 11.5 Å². The van der Waals surface area contributed by atoms with Crippen molar-refractivity contribution >= 4 is 44.9 Å². The number of hydrogen-bond donors (Lipinski definition) is 1. The summed E-state index contributed by atoms with van der Waals surface area (Å²) in [4.78, 5) is 23.4. The first-order chi connectivity index (χ1) is 16.8. The minimum Gasteiger partial charge on any atom is -0.489 e. The summed E-state index contributed by atoms with van der Waals surface area (Å²) in [6, 6.07) is 19.1. The Labute approximate surface area is 214 Å². The van der Waals surface area contributed by atoms with Crippen LogP contribution in [0.15, 0.2) is 77.4 Å². The van der Waals surface area contributed by atoms with Gasteiger partial charge in [-0.05, 0) is 64.3 Å². The molecule has 4 aromatic rings. The largest absolute Gasteiger partial charge is 0.489 e. The lowest BCUT2D eigenvalue weighted by Crippen LogP contribution is -2.13. The number of aromatic nitrogens is 2. The summed E-state index contributed by atoms with van der Waals surface area (Å²) >= 11 is 9.67. The Morgan fingerprint density at radius 3 is 2.71 bits per heavy atom. The zero-order valence-corrected chi connectivity index (χ0v) is 20.9. The molecule has 1 amide bonds. The molecule has 1 N–H and O–H groups in total. The average molecular weight is 556 g/mol. The molecule has 8 nitrogen and oxygen atoms in total. The molecule has 1 heterocycles. The van der Waals surface area contributed by atoms with Crippen molar-refractivity contribution in [3.63, 3.8) is 0 Å². The molecule has 178 valence electrons. The topological polar surface area (TPSA) is 99.3 Å². The highest BCUT2D eigenvalue weighted by Crippen LogP contribution is 2.25. The van der Waals surface area contributed by atoms with E-state index in [1.165, 1.54) is 6.07 Å². The van der Waals surface area contributed by atoms with Crippen LogP contribution < -0.4 is 10.1 Å². The number of benzene rings is 3. The number of amides is 1. The smallest absolute Gasteiger partial charge is 0.272 e. The minimum atomic E-state index is -0.431. The van der Waals surface area contributed by atoms with Gasteiger partial charge in [0.05, 0.1) is 15.9 Å². The van der Waals surface area contributed by atoms with Crippen LogP contribution in [-0.2, 0) is 13.2 Å². The number of ether oxygens (including phenoxy) is 1. The number of nitrogens with zero attached hydrogens (tertiary/aromatic N) is 3. The monoisotopic (exact) mass is 554 g/mol. The Kier molecular flexibility index (Phi) is 7.48. The fraction of sp³-hybridized carbons (Fsp3) is 0.120. The van der Waals surface area contributed by atoms with E-state index in [2.05, 4.69) is 26.3 Å². The molecule has 10 heteroatoms. The number of nitro groups is 1. The molecule has 3 aromatic carbocycles. The highest BCUT2D eigenvalue weighted by Gasteiger charge is 2.14. The van der Waals surface area contributed by atoms with Gasteiger partial charge in [0.1, 0.15) is 12.4 Å². The fourth-order valence-corrected chi connectivity index (χ4v) is 4.05. The van der Waals surface area contributed by atoms with Crippen molar-refractivity contribution in [3.05, 3.63) is 115 Å². The zero-order chi connectivity index (χ0) is 24.9. The van der Waals surface area contributed by atoms with Crippen molar-refractivity contribution in [1.82, 2.24) is 9.78 Å². The molecule has 0 fully saturated rings. The van der Waals surface area contributed by atoms with Crippen molar-refractivity contribution in [1.29, 1.82) is 0 Å². The number of nitro benzene ring substituents is 1. The van der Waals surface area contributed by atoms with Crippen LogP contribution in [0, 0.1) is 17.0 Å². The molecule has 35 heavy (non-hydrogen) atoms. The van der Waals surface area contributed by atoms with E-state index in [1.54, 1.807) is 48.1 Å². The highest BCUT2D eigenvalue weighted by molar-refractivity contribution is 9.10. The lowest BCUT2D eigenvalue weighted by atomic mass is 10.1. The van der Waals surface area contributed by atoms with Gasteiger partial charge in [0.25, 0.3) is 11.6 Å². The second kappa shape index (κ2) is 10.7. The molecule has 0 aliphatic heterocycles. The molecule has 0 saturated carbocycles. The van der Waals surface area contributed by atoms with E-state index in [4.69, 9.17) is 16.3 Å². The van der Waals surface area contributed by atoms with Crippen LogP contribution in [0.1, 0.15) is 27.0 Å². The maximum absolute atomic E-state index is 12.9. The maximum Gasteiger partial charge on any atom is 0.272 e. The van der Waals surface area contributed by atoms with Crippen LogP contribution in [0.5, 0.6) is 5.75 Å². The molecule has 0 spiro atoms. The van der Waals surface area contributed by atoms with E-state index in [0.29, 0.717) is 38.7 Å². The molecule has 0 radical (unpaired) electrons. The van der Waals surface area contributed by atoms with E-state index in [0.717, 1.165) is 11.1 Å². The van der Waals surface area contributed by atoms with Crippen molar-refractivity contribution in [2.45, 2.75) is 20.1 Å². The van der Waals surface area contributed by atoms with Gasteiger partial charge in [-0.3, -0.25) is 19.6 Å². The predicted octanol–water partition coefficient (Wildman–Crippen LogP) is 6.40. The number of carbonyl (C=O) groups excluding carboxylic acids is 1. The predicted molar refractivity (Wildman–Crippen MR) is 137 cm³/mol. The van der Waals surface area contributed by atoms with Gasteiger partial charge in [-0.2, -0.15) is 5.10 Å². The molecule has 0 aliphatic carbocycles. The molecule has 0 saturated heterocycles. The van der Waals surface area contributed by atoms with Gasteiger partial charge < -0.3 is 10.1 Å². The first-order valence-electron chi connectivity index (χ1n) is 10.5. The Bertz CT molecular complexity index is 1410. The standard InChI is InChI=1S/C25H20BrClN4O4/c1-16-11-20(9-10-23(16)31(33)34)35-15-17-5-4-7-18(12-17)25(32)28-24-21(26)14-30(29-24)13-19-6-2-3-8-22(19)27/h2-12,14H,13,15H2,1H3,(H,28,29,32). The number of carbonyl (C=O) groups is 1. The van der Waals surface area contributed by atoms with Gasteiger partial charge in [-0.1, -0.05) is 41.9 Å². The molecular formula is C25H20BrClN4O4. The maximum atomic E-state index is 12.9. The molecule has 0 unspecified atom stereocenters. The fourth-order valence-electron chi connectivity index (χ4n) is 3.44. The molecule has 0 atom stereocenters. The second-order valence-corrected chi connectivity index (χ2v) is 9.02. The third kappa shape index (κ3) is 6.06. The van der Waals surface area contributed by atoms with Crippen molar-refractivity contribution in [2.24, 2.45) is 0 Å². The minimum absolute atomic E-state index is 0.0384. The quantitative estimate of drug-likeness (QED) is 0.200. The van der Waals surface area contributed by atoms with Crippen LogP contribution in [-0.4, -0.2) is 20.6 Å². The number of aryl methyl sites for hydroxylation is 1. The third-order valence-corrected chi connectivity index (χ3v) is 6.15. The van der Waals surface area contributed by atoms with Crippen LogP contribution in [0.3, 0.4) is 0 Å². The summed E-state index contributed by atoms with van der Waals surface area (Å²) in [5.41, 5.74) is 2.69. The van der Waals surface area contributed by atoms with Gasteiger partial charge in [-0.25, -0.2) is 0 Å². The van der Waals surface area contributed by atoms with Crippen molar-refractivity contribution < 1.29 is 14.5 Å². The first-order valence-corrected chi connectivity index (χ1v) is 11.7. The van der Waals surface area contributed by atoms with Crippen LogP contribution in [0.25, 0.3) is 0 Å². The van der Waals surface area contributed by atoms with E-state index in [1.807, 2.05) is 30.3 Å². The lowest BCUT2D eigenvalue weighted by Gasteiger charge is -2.09. The average Bonchev–Trinajstić information content (AvgIpc) is 3.17. The molecule has 4 rings (SSSR count). The summed E-state index contributed by atoms with van der Waals surface area (Å²) in [6.07, 6.45) is 1.77. The number of anilines is 1. The Balaban J connectivity index is 1.41. The Hall–Kier alpha value is -3.69. The number of hydrogen-bond acceptors (Lipinski definition) is 5. The van der Waals surface area contributed by atoms with Gasteiger partial charge in [-0.15, -0.1) is 0 Å². The van der Waals surface area contributed by atoms with E-state index >= 15 is 0 Å². The van der Waals surface area contributed by atoms with Crippen LogP contribution >= 0.6 is 27.5 Å². The number of halogens is 2. The third-order valence-electron chi connectivity index (χ3n) is 5.20. The van der Waals surface area contributed by atoms with Crippen molar-refractivity contribution in [2.75, 3.05) is 5.32 Å². The first kappa shape index (κ1) is 24.4. The van der Waals surface area contributed by atoms with Gasteiger partial charge in [0.15, 0.2) is 5.82 Å². The van der Waals surface area contributed by atoms with Gasteiger partial charge in [0, 0.05) is 28.4 Å². The summed E-state index contributed by atoms with van der Waals surface area (Å²) < 4.78 is 8.10. The molecule has 0 aliphatic rings.